The van der Waals surface area contributed by atoms with Gasteiger partial charge in [-0.2, -0.15) is 0 Å². The van der Waals surface area contributed by atoms with Crippen LogP contribution < -0.4 is 15.8 Å². The van der Waals surface area contributed by atoms with Crippen molar-refractivity contribution in [3.63, 3.8) is 0 Å². The molecule has 1 fully saturated rings. The first-order valence-electron chi connectivity index (χ1n) is 9.39. The van der Waals surface area contributed by atoms with E-state index in [1.807, 2.05) is 0 Å². The first-order chi connectivity index (χ1) is 13.8. The molecule has 2 amide bonds. The van der Waals surface area contributed by atoms with Gasteiger partial charge < -0.3 is 35.4 Å². The summed E-state index contributed by atoms with van der Waals surface area (Å²) in [5, 5.41) is 12.2. The summed E-state index contributed by atoms with van der Waals surface area (Å²) in [4.78, 5) is 27.1. The van der Waals surface area contributed by atoms with Gasteiger partial charge in [-0.15, -0.1) is 0 Å². The number of nitrogens with one attached hydrogen (secondary N) is 1. The maximum atomic E-state index is 12.8. The van der Waals surface area contributed by atoms with Crippen molar-refractivity contribution in [3.05, 3.63) is 22.7 Å². The highest BCUT2D eigenvalue weighted by Crippen LogP contribution is 2.29. The summed E-state index contributed by atoms with van der Waals surface area (Å²) < 4.78 is 10.9. The minimum absolute atomic E-state index is 0.161. The summed E-state index contributed by atoms with van der Waals surface area (Å²) in [7, 11) is 4.64. The molecule has 4 N–H and O–H groups in total. The highest BCUT2D eigenvalue weighted by Gasteiger charge is 2.31. The van der Waals surface area contributed by atoms with Crippen LogP contribution in [-0.2, 0) is 4.74 Å². The van der Waals surface area contributed by atoms with Crippen molar-refractivity contribution in [3.8, 4) is 5.75 Å². The quantitative estimate of drug-likeness (QED) is 0.540. The maximum Gasteiger partial charge on any atom is 0.407 e. The van der Waals surface area contributed by atoms with Crippen LogP contribution in [0.15, 0.2) is 12.1 Å². The molecule has 0 spiro atoms. The summed E-state index contributed by atoms with van der Waals surface area (Å²) in [5.41, 5.74) is 6.44. The third-order valence-corrected chi connectivity index (χ3v) is 5.45. The number of ether oxygens (including phenoxy) is 2. The molecule has 2 rings (SSSR count). The Bertz CT molecular complexity index is 733. The van der Waals surface area contributed by atoms with Crippen LogP contribution in [0.4, 0.5) is 10.5 Å². The Morgan fingerprint density at radius 3 is 2.76 bits per heavy atom. The average Bonchev–Trinajstić information content (AvgIpc) is 2.70. The van der Waals surface area contributed by atoms with Crippen molar-refractivity contribution < 1.29 is 24.2 Å². The highest BCUT2D eigenvalue weighted by atomic mass is 35.5. The Morgan fingerprint density at radius 1 is 1.41 bits per heavy atom. The molecule has 0 bridgehead atoms. The van der Waals surface area contributed by atoms with Gasteiger partial charge in [0.1, 0.15) is 5.75 Å². The molecule has 2 unspecified atom stereocenters. The smallest absolute Gasteiger partial charge is 0.407 e. The molecule has 9 nitrogen and oxygen atoms in total. The van der Waals surface area contributed by atoms with Crippen molar-refractivity contribution in [2.45, 2.75) is 25.0 Å². The average molecular weight is 429 g/mol. The zero-order valence-electron chi connectivity index (χ0n) is 17.0. The summed E-state index contributed by atoms with van der Waals surface area (Å²) in [6.07, 6.45) is 0.334. The number of methoxy groups -OCH3 is 2. The van der Waals surface area contributed by atoms with Gasteiger partial charge in [0, 0.05) is 39.9 Å². The Labute approximate surface area is 175 Å². The number of carbonyl (C=O) groups excluding carboxylic acids is 1. The lowest BCUT2D eigenvalue weighted by atomic mass is 10.0. The number of carboxylic acid groups (broad SMARTS) is 1. The predicted molar refractivity (Wildman–Crippen MR) is 111 cm³/mol. The molecule has 1 saturated heterocycles. The van der Waals surface area contributed by atoms with E-state index in [-0.39, 0.29) is 18.1 Å². The van der Waals surface area contributed by atoms with Gasteiger partial charge in [0.05, 0.1) is 35.5 Å². The van der Waals surface area contributed by atoms with Crippen LogP contribution in [-0.4, -0.2) is 86.5 Å². The number of rotatable bonds is 8. The van der Waals surface area contributed by atoms with Crippen LogP contribution in [0, 0.1) is 0 Å². The number of benzene rings is 1. The second-order valence-electron chi connectivity index (χ2n) is 7.08. The molecule has 1 heterocycles. The molecule has 2 atom stereocenters. The SMILES string of the molecule is COc1cc(N)c(Cl)cc1C(=O)NC1CCN(CCCN(C)C(=O)O)CC1OC. The number of piperidine rings is 1. The van der Waals surface area contributed by atoms with E-state index in [9.17, 15) is 9.59 Å². The molecule has 1 aromatic carbocycles. The van der Waals surface area contributed by atoms with Crippen LogP contribution in [0.25, 0.3) is 0 Å². The monoisotopic (exact) mass is 428 g/mol. The lowest BCUT2D eigenvalue weighted by molar-refractivity contribution is 0.00567. The lowest BCUT2D eigenvalue weighted by Gasteiger charge is -2.38. The van der Waals surface area contributed by atoms with Crippen LogP contribution >= 0.6 is 11.6 Å². The van der Waals surface area contributed by atoms with Crippen molar-refractivity contribution in [1.29, 1.82) is 0 Å². The Morgan fingerprint density at radius 2 is 2.14 bits per heavy atom. The molecule has 1 aliphatic heterocycles. The Balaban J connectivity index is 1.94. The van der Waals surface area contributed by atoms with Gasteiger partial charge in [0.15, 0.2) is 0 Å². The van der Waals surface area contributed by atoms with E-state index >= 15 is 0 Å². The van der Waals surface area contributed by atoms with E-state index in [0.29, 0.717) is 41.5 Å². The summed E-state index contributed by atoms with van der Waals surface area (Å²) >= 11 is 6.06. The summed E-state index contributed by atoms with van der Waals surface area (Å²) in [6, 6.07) is 2.87. The van der Waals surface area contributed by atoms with E-state index in [1.54, 1.807) is 14.2 Å². The van der Waals surface area contributed by atoms with Gasteiger partial charge in [-0.25, -0.2) is 4.79 Å². The van der Waals surface area contributed by atoms with Gasteiger partial charge in [-0.05, 0) is 25.5 Å². The van der Waals surface area contributed by atoms with Gasteiger partial charge in [-0.1, -0.05) is 11.6 Å². The molecule has 0 saturated carbocycles. The standard InChI is InChI=1S/C19H29ClN4O5/c1-23(19(26)27)6-4-7-24-8-5-15(17(11-24)29-3)22-18(25)12-9-13(20)14(21)10-16(12)28-2/h9-10,15,17H,4-8,11,21H2,1-3H3,(H,22,25)(H,26,27). The van der Waals surface area contributed by atoms with E-state index < -0.39 is 6.09 Å². The van der Waals surface area contributed by atoms with Gasteiger partial charge >= 0.3 is 6.09 Å². The minimum Gasteiger partial charge on any atom is -0.496 e. The third kappa shape index (κ3) is 6.12. The zero-order valence-corrected chi connectivity index (χ0v) is 17.7. The molecule has 29 heavy (non-hydrogen) atoms. The fourth-order valence-corrected chi connectivity index (χ4v) is 3.54. The molecule has 10 heteroatoms. The molecular formula is C19H29ClN4O5. The molecule has 0 aromatic heterocycles. The van der Waals surface area contributed by atoms with Crippen LogP contribution in [0.1, 0.15) is 23.2 Å². The van der Waals surface area contributed by atoms with E-state index in [2.05, 4.69) is 10.2 Å². The number of nitrogens with two attached hydrogens (primary N) is 1. The van der Waals surface area contributed by atoms with E-state index in [4.69, 9.17) is 31.9 Å². The molecule has 162 valence electrons. The number of anilines is 1. The maximum absolute atomic E-state index is 12.8. The second kappa shape index (κ2) is 10.5. The topological polar surface area (TPSA) is 117 Å². The van der Waals surface area contributed by atoms with Gasteiger partial charge in [0.25, 0.3) is 5.91 Å². The molecule has 0 aliphatic carbocycles. The fraction of sp³-hybridized carbons (Fsp3) is 0.579. The van der Waals surface area contributed by atoms with Crippen molar-refractivity contribution in [2.24, 2.45) is 0 Å². The highest BCUT2D eigenvalue weighted by molar-refractivity contribution is 6.33. The van der Waals surface area contributed by atoms with Crippen molar-refractivity contribution in [1.82, 2.24) is 15.1 Å². The summed E-state index contributed by atoms with van der Waals surface area (Å²) in [6.45, 7) is 2.67. The first kappa shape index (κ1) is 23.1. The Kier molecular flexibility index (Phi) is 8.36. The number of carbonyl (C=O) groups is 2. The largest absolute Gasteiger partial charge is 0.496 e. The lowest BCUT2D eigenvalue weighted by Crippen LogP contribution is -2.55. The molecular weight excluding hydrogens is 400 g/mol. The third-order valence-electron chi connectivity index (χ3n) is 5.12. The Hall–Kier alpha value is -2.23. The number of nitrogens with zero attached hydrogens (tertiary/aromatic N) is 2. The molecule has 1 aromatic rings. The number of hydrogen-bond acceptors (Lipinski definition) is 6. The second-order valence-corrected chi connectivity index (χ2v) is 7.48. The number of amides is 2. The number of nitrogen functional groups attached to an aromatic ring is 1. The van der Waals surface area contributed by atoms with Crippen molar-refractivity contribution >= 4 is 29.3 Å². The molecule has 1 aliphatic rings. The van der Waals surface area contributed by atoms with Gasteiger partial charge in [-0.3, -0.25) is 4.79 Å². The first-order valence-corrected chi connectivity index (χ1v) is 9.77. The van der Waals surface area contributed by atoms with E-state index in [1.165, 1.54) is 24.1 Å². The number of halogens is 1. The normalized spacial score (nSPS) is 19.6. The van der Waals surface area contributed by atoms with Crippen LogP contribution in [0.3, 0.4) is 0 Å². The number of likely N-dealkylation sites (tertiary alicyclic amines) is 1. The van der Waals surface area contributed by atoms with Crippen molar-refractivity contribution in [2.75, 3.05) is 53.2 Å². The van der Waals surface area contributed by atoms with Crippen LogP contribution in [0.5, 0.6) is 5.75 Å². The summed E-state index contributed by atoms with van der Waals surface area (Å²) in [5.74, 6) is 0.0608. The zero-order chi connectivity index (χ0) is 21.6. The molecule has 0 radical (unpaired) electrons. The van der Waals surface area contributed by atoms with Gasteiger partial charge in [0.2, 0.25) is 0 Å². The van der Waals surface area contributed by atoms with Crippen LogP contribution in [0.2, 0.25) is 5.02 Å². The predicted octanol–water partition coefficient (Wildman–Crippen LogP) is 1.75. The number of hydrogen-bond donors (Lipinski definition) is 3. The minimum atomic E-state index is -0.931. The fourth-order valence-electron chi connectivity index (χ4n) is 3.38. The van der Waals surface area contributed by atoms with E-state index in [0.717, 1.165) is 19.5 Å².